The summed E-state index contributed by atoms with van der Waals surface area (Å²) in [5.41, 5.74) is 0.120. The Bertz CT molecular complexity index is 589. The number of halogens is 1. The Labute approximate surface area is 129 Å². The van der Waals surface area contributed by atoms with Crippen molar-refractivity contribution >= 4 is 23.4 Å². The van der Waals surface area contributed by atoms with Crippen LogP contribution in [0.25, 0.3) is 0 Å². The van der Waals surface area contributed by atoms with Crippen LogP contribution in [0.4, 0.5) is 0 Å². The van der Waals surface area contributed by atoms with E-state index < -0.39 is 5.41 Å². The lowest BCUT2D eigenvalue weighted by Gasteiger charge is -2.29. The average Bonchev–Trinajstić information content (AvgIpc) is 3.00. The van der Waals surface area contributed by atoms with Crippen molar-refractivity contribution in [1.82, 2.24) is 10.2 Å². The van der Waals surface area contributed by atoms with Gasteiger partial charge in [-0.3, -0.25) is 9.59 Å². The molecular weight excluding hydrogens is 288 g/mol. The first-order valence-electron chi connectivity index (χ1n) is 7.41. The highest BCUT2D eigenvalue weighted by Gasteiger charge is 2.54. The van der Waals surface area contributed by atoms with Crippen LogP contribution in [-0.2, 0) is 15.0 Å². The standard InChI is InChI=1S/C16H19ClN2O2/c1-2-18-15(21)16(12-5-3-4-6-13(12)17)9-11-7-8-14(20)19(11)10-16/h3-6,11H,2,7-10H2,1H3,(H,18,21)/t11-,16-/m0/s1. The third-order valence-electron chi connectivity index (χ3n) is 4.64. The van der Waals surface area contributed by atoms with Gasteiger partial charge in [0.2, 0.25) is 11.8 Å². The zero-order valence-corrected chi connectivity index (χ0v) is 12.8. The van der Waals surface area contributed by atoms with Gasteiger partial charge in [-0.25, -0.2) is 0 Å². The molecule has 2 amide bonds. The molecule has 112 valence electrons. The summed E-state index contributed by atoms with van der Waals surface area (Å²) in [6, 6.07) is 7.63. The minimum absolute atomic E-state index is 0.0275. The minimum Gasteiger partial charge on any atom is -0.356 e. The zero-order valence-electron chi connectivity index (χ0n) is 12.1. The van der Waals surface area contributed by atoms with E-state index in [1.54, 1.807) is 0 Å². The van der Waals surface area contributed by atoms with Gasteiger partial charge in [-0.2, -0.15) is 0 Å². The van der Waals surface area contributed by atoms with Gasteiger partial charge < -0.3 is 10.2 Å². The number of carbonyl (C=O) groups excluding carboxylic acids is 2. The lowest BCUT2D eigenvalue weighted by Crippen LogP contribution is -2.47. The molecule has 4 nitrogen and oxygen atoms in total. The normalized spacial score (nSPS) is 27.8. The van der Waals surface area contributed by atoms with Crippen molar-refractivity contribution in [3.05, 3.63) is 34.9 Å². The third kappa shape index (κ3) is 2.22. The number of nitrogens with one attached hydrogen (secondary N) is 1. The molecule has 1 aromatic rings. The van der Waals surface area contributed by atoms with Crippen molar-refractivity contribution in [3.8, 4) is 0 Å². The topological polar surface area (TPSA) is 49.4 Å². The van der Waals surface area contributed by atoms with Crippen LogP contribution in [-0.4, -0.2) is 35.8 Å². The summed E-state index contributed by atoms with van der Waals surface area (Å²) in [5, 5.41) is 3.52. The Balaban J connectivity index is 2.04. The number of amides is 2. The summed E-state index contributed by atoms with van der Waals surface area (Å²) in [5.74, 6) is 0.124. The maximum atomic E-state index is 12.8. The molecule has 0 radical (unpaired) electrons. The van der Waals surface area contributed by atoms with E-state index in [9.17, 15) is 9.59 Å². The van der Waals surface area contributed by atoms with Gasteiger partial charge in [-0.15, -0.1) is 0 Å². The SMILES string of the molecule is CCNC(=O)[C@@]1(c2ccccc2Cl)C[C@@H]2CCC(=O)N2C1. The predicted octanol–water partition coefficient (Wildman–Crippen LogP) is 2.11. The van der Waals surface area contributed by atoms with Crippen LogP contribution < -0.4 is 5.32 Å². The van der Waals surface area contributed by atoms with Gasteiger partial charge in [0.25, 0.3) is 0 Å². The molecule has 3 rings (SSSR count). The molecule has 2 heterocycles. The fraction of sp³-hybridized carbons (Fsp3) is 0.500. The highest BCUT2D eigenvalue weighted by Crippen LogP contribution is 2.44. The molecule has 0 aliphatic carbocycles. The molecule has 5 heteroatoms. The molecule has 1 N–H and O–H groups in total. The maximum Gasteiger partial charge on any atom is 0.232 e. The van der Waals surface area contributed by atoms with E-state index in [-0.39, 0.29) is 17.9 Å². The first kappa shape index (κ1) is 14.4. The van der Waals surface area contributed by atoms with E-state index >= 15 is 0 Å². The minimum atomic E-state index is -0.713. The largest absolute Gasteiger partial charge is 0.356 e. The van der Waals surface area contributed by atoms with Crippen LogP contribution >= 0.6 is 11.6 Å². The Morgan fingerprint density at radius 1 is 1.48 bits per heavy atom. The van der Waals surface area contributed by atoms with Crippen LogP contribution in [0.3, 0.4) is 0 Å². The van der Waals surface area contributed by atoms with Crippen molar-refractivity contribution < 1.29 is 9.59 Å². The molecule has 2 aliphatic heterocycles. The van der Waals surface area contributed by atoms with Crippen LogP contribution in [0, 0.1) is 0 Å². The van der Waals surface area contributed by atoms with Crippen molar-refractivity contribution in [3.63, 3.8) is 0 Å². The second-order valence-electron chi connectivity index (χ2n) is 5.84. The monoisotopic (exact) mass is 306 g/mol. The van der Waals surface area contributed by atoms with E-state index in [4.69, 9.17) is 11.6 Å². The molecule has 2 fully saturated rings. The first-order chi connectivity index (χ1) is 10.1. The van der Waals surface area contributed by atoms with Gasteiger partial charge in [-0.05, 0) is 31.4 Å². The van der Waals surface area contributed by atoms with E-state index in [0.717, 1.165) is 12.0 Å². The number of rotatable bonds is 3. The van der Waals surface area contributed by atoms with Gasteiger partial charge >= 0.3 is 0 Å². The van der Waals surface area contributed by atoms with E-state index in [1.807, 2.05) is 36.1 Å². The van der Waals surface area contributed by atoms with E-state index in [1.165, 1.54) is 0 Å². The molecule has 0 unspecified atom stereocenters. The number of fused-ring (bicyclic) bond motifs is 1. The number of benzene rings is 1. The Morgan fingerprint density at radius 3 is 2.90 bits per heavy atom. The predicted molar refractivity (Wildman–Crippen MR) is 81.2 cm³/mol. The van der Waals surface area contributed by atoms with Crippen LogP contribution in [0.2, 0.25) is 5.02 Å². The fourth-order valence-corrected chi connectivity index (χ4v) is 3.96. The molecule has 0 aromatic heterocycles. The smallest absolute Gasteiger partial charge is 0.232 e. The average molecular weight is 307 g/mol. The van der Waals surface area contributed by atoms with Crippen LogP contribution in [0.5, 0.6) is 0 Å². The van der Waals surface area contributed by atoms with Gasteiger partial charge in [0.1, 0.15) is 0 Å². The van der Waals surface area contributed by atoms with Crippen LogP contribution in [0.15, 0.2) is 24.3 Å². The first-order valence-corrected chi connectivity index (χ1v) is 7.79. The number of hydrogen-bond acceptors (Lipinski definition) is 2. The lowest BCUT2D eigenvalue weighted by atomic mass is 9.77. The summed E-state index contributed by atoms with van der Waals surface area (Å²) in [6.07, 6.45) is 2.09. The molecule has 2 aliphatic rings. The quantitative estimate of drug-likeness (QED) is 0.930. The highest BCUT2D eigenvalue weighted by molar-refractivity contribution is 6.31. The number of likely N-dealkylation sites (N-methyl/N-ethyl adjacent to an activating group) is 1. The highest BCUT2D eigenvalue weighted by atomic mass is 35.5. The van der Waals surface area contributed by atoms with Crippen molar-refractivity contribution in [2.45, 2.75) is 37.6 Å². The molecule has 0 spiro atoms. The molecule has 1 aromatic carbocycles. The van der Waals surface area contributed by atoms with Gasteiger partial charge in [-0.1, -0.05) is 29.8 Å². The maximum absolute atomic E-state index is 12.8. The summed E-state index contributed by atoms with van der Waals surface area (Å²) in [4.78, 5) is 26.6. The fourth-order valence-electron chi connectivity index (χ4n) is 3.64. The number of carbonyl (C=O) groups is 2. The van der Waals surface area contributed by atoms with E-state index in [0.29, 0.717) is 31.0 Å². The van der Waals surface area contributed by atoms with Gasteiger partial charge in [0, 0.05) is 30.6 Å². The Morgan fingerprint density at radius 2 is 2.24 bits per heavy atom. The molecular formula is C16H19ClN2O2. The molecule has 2 saturated heterocycles. The summed E-state index contributed by atoms with van der Waals surface area (Å²) < 4.78 is 0. The summed E-state index contributed by atoms with van der Waals surface area (Å²) in [6.45, 7) is 2.91. The summed E-state index contributed by atoms with van der Waals surface area (Å²) >= 11 is 6.35. The number of hydrogen-bond donors (Lipinski definition) is 1. The Hall–Kier alpha value is -1.55. The lowest BCUT2D eigenvalue weighted by molar-refractivity contribution is -0.129. The Kier molecular flexibility index (Phi) is 3.66. The molecule has 2 atom stereocenters. The summed E-state index contributed by atoms with van der Waals surface area (Å²) in [7, 11) is 0. The second-order valence-corrected chi connectivity index (χ2v) is 6.25. The second kappa shape index (κ2) is 5.34. The van der Waals surface area contributed by atoms with Crippen molar-refractivity contribution in [1.29, 1.82) is 0 Å². The molecule has 0 saturated carbocycles. The molecule has 0 bridgehead atoms. The van der Waals surface area contributed by atoms with Crippen molar-refractivity contribution in [2.24, 2.45) is 0 Å². The van der Waals surface area contributed by atoms with Gasteiger partial charge in [0.15, 0.2) is 0 Å². The third-order valence-corrected chi connectivity index (χ3v) is 4.97. The zero-order chi connectivity index (χ0) is 15.0. The van der Waals surface area contributed by atoms with Crippen molar-refractivity contribution in [2.75, 3.05) is 13.1 Å². The van der Waals surface area contributed by atoms with Crippen LogP contribution in [0.1, 0.15) is 31.7 Å². The molecule has 21 heavy (non-hydrogen) atoms. The number of nitrogens with zero attached hydrogens (tertiary/aromatic N) is 1. The van der Waals surface area contributed by atoms with E-state index in [2.05, 4.69) is 5.32 Å². The van der Waals surface area contributed by atoms with Gasteiger partial charge in [0.05, 0.1) is 5.41 Å².